The Morgan fingerprint density at radius 1 is 0.286 bits per heavy atom. The first-order chi connectivity index (χ1) is 27.5. The minimum atomic E-state index is -0.758. The summed E-state index contributed by atoms with van der Waals surface area (Å²) >= 11 is 0. The lowest BCUT2D eigenvalue weighted by Crippen LogP contribution is -2.30. The molecular formula is C50H96O6. The molecule has 0 aliphatic carbocycles. The highest BCUT2D eigenvalue weighted by molar-refractivity contribution is 5.71. The molecule has 0 unspecified atom stereocenters. The molecule has 0 spiro atoms. The van der Waals surface area contributed by atoms with Crippen LogP contribution in [0.3, 0.4) is 0 Å². The zero-order chi connectivity index (χ0) is 40.8. The van der Waals surface area contributed by atoms with E-state index in [9.17, 15) is 14.4 Å². The van der Waals surface area contributed by atoms with Gasteiger partial charge in [-0.15, -0.1) is 0 Å². The summed E-state index contributed by atoms with van der Waals surface area (Å²) in [6.45, 7) is 6.66. The van der Waals surface area contributed by atoms with E-state index in [1.54, 1.807) is 0 Å². The molecule has 0 fully saturated rings. The highest BCUT2D eigenvalue weighted by Gasteiger charge is 2.19. The molecule has 6 heteroatoms. The molecule has 0 aliphatic rings. The van der Waals surface area contributed by atoms with Crippen molar-refractivity contribution in [3.8, 4) is 0 Å². The van der Waals surface area contributed by atoms with Gasteiger partial charge in [-0.25, -0.2) is 0 Å². The van der Waals surface area contributed by atoms with E-state index in [0.29, 0.717) is 19.3 Å². The zero-order valence-electron chi connectivity index (χ0n) is 37.9. The van der Waals surface area contributed by atoms with Crippen molar-refractivity contribution in [2.45, 2.75) is 290 Å². The van der Waals surface area contributed by atoms with Gasteiger partial charge in [-0.05, 0) is 19.3 Å². The summed E-state index contributed by atoms with van der Waals surface area (Å²) < 4.78 is 16.8. The number of carbonyl (C=O) groups excluding carboxylic acids is 3. The Labute approximate surface area is 348 Å². The first-order valence-corrected chi connectivity index (χ1v) is 25.0. The first kappa shape index (κ1) is 54.4. The van der Waals surface area contributed by atoms with Gasteiger partial charge < -0.3 is 14.2 Å². The highest BCUT2D eigenvalue weighted by Crippen LogP contribution is 2.16. The van der Waals surface area contributed by atoms with E-state index in [4.69, 9.17) is 14.2 Å². The summed E-state index contributed by atoms with van der Waals surface area (Å²) in [7, 11) is 0. The molecule has 0 heterocycles. The Bertz CT molecular complexity index is 828. The van der Waals surface area contributed by atoms with E-state index in [0.717, 1.165) is 57.8 Å². The van der Waals surface area contributed by atoms with Crippen LogP contribution in [0, 0.1) is 0 Å². The first-order valence-electron chi connectivity index (χ1n) is 25.0. The highest BCUT2D eigenvalue weighted by atomic mass is 16.6. The van der Waals surface area contributed by atoms with Crippen molar-refractivity contribution in [2.75, 3.05) is 13.2 Å². The van der Waals surface area contributed by atoms with Gasteiger partial charge in [0.2, 0.25) is 0 Å². The van der Waals surface area contributed by atoms with Crippen molar-refractivity contribution in [1.82, 2.24) is 0 Å². The van der Waals surface area contributed by atoms with E-state index in [1.807, 2.05) is 0 Å². The average molecular weight is 793 g/mol. The second kappa shape index (κ2) is 46.1. The minimum absolute atomic E-state index is 0.0623. The summed E-state index contributed by atoms with van der Waals surface area (Å²) in [6.07, 6.45) is 48.0. The lowest BCUT2D eigenvalue weighted by molar-refractivity contribution is -0.167. The van der Waals surface area contributed by atoms with Crippen LogP contribution in [0.5, 0.6) is 0 Å². The van der Waals surface area contributed by atoms with Crippen LogP contribution in [0.1, 0.15) is 284 Å². The number of hydrogen-bond acceptors (Lipinski definition) is 6. The molecule has 0 aliphatic heterocycles. The van der Waals surface area contributed by atoms with E-state index in [2.05, 4.69) is 20.8 Å². The Balaban J connectivity index is 4.27. The number of unbranched alkanes of at least 4 members (excludes halogenated alkanes) is 35. The minimum Gasteiger partial charge on any atom is -0.462 e. The number of esters is 3. The summed E-state index contributed by atoms with van der Waals surface area (Å²) in [5.74, 6) is -0.846. The van der Waals surface area contributed by atoms with Gasteiger partial charge in [0.1, 0.15) is 13.2 Å². The van der Waals surface area contributed by atoms with Crippen LogP contribution in [0.4, 0.5) is 0 Å². The predicted molar refractivity (Wildman–Crippen MR) is 238 cm³/mol. The van der Waals surface area contributed by atoms with Crippen molar-refractivity contribution >= 4 is 17.9 Å². The third-order valence-corrected chi connectivity index (χ3v) is 11.4. The van der Waals surface area contributed by atoms with E-state index >= 15 is 0 Å². The van der Waals surface area contributed by atoms with Gasteiger partial charge in [-0.1, -0.05) is 245 Å². The smallest absolute Gasteiger partial charge is 0.306 e. The zero-order valence-corrected chi connectivity index (χ0v) is 37.9. The number of carbonyl (C=O) groups is 3. The van der Waals surface area contributed by atoms with E-state index in [-0.39, 0.29) is 31.1 Å². The van der Waals surface area contributed by atoms with Crippen LogP contribution < -0.4 is 0 Å². The van der Waals surface area contributed by atoms with Gasteiger partial charge in [0.25, 0.3) is 0 Å². The molecule has 0 aromatic rings. The molecule has 0 N–H and O–H groups in total. The van der Waals surface area contributed by atoms with Crippen LogP contribution in [0.2, 0.25) is 0 Å². The number of hydrogen-bond donors (Lipinski definition) is 0. The second-order valence-corrected chi connectivity index (χ2v) is 17.1. The maximum Gasteiger partial charge on any atom is 0.306 e. The SMILES string of the molecule is CCCCCCCCCCCCCCCCCCCC(=O)O[C@H](COC(=O)CCCCCCCCCCCC)COC(=O)CCCCCCCCCCCCC. The number of rotatable bonds is 46. The molecule has 0 radical (unpaired) electrons. The molecule has 332 valence electrons. The van der Waals surface area contributed by atoms with Crippen molar-refractivity contribution in [3.63, 3.8) is 0 Å². The maximum atomic E-state index is 12.8. The Kier molecular flexibility index (Phi) is 44.8. The summed E-state index contributed by atoms with van der Waals surface area (Å²) in [5, 5.41) is 0. The largest absolute Gasteiger partial charge is 0.462 e. The molecule has 0 aromatic heterocycles. The van der Waals surface area contributed by atoms with Gasteiger partial charge in [0.05, 0.1) is 0 Å². The fourth-order valence-corrected chi connectivity index (χ4v) is 7.56. The number of ether oxygens (including phenoxy) is 3. The molecule has 56 heavy (non-hydrogen) atoms. The summed E-state index contributed by atoms with van der Waals surface area (Å²) in [4.78, 5) is 37.8. The van der Waals surface area contributed by atoms with Crippen molar-refractivity contribution in [2.24, 2.45) is 0 Å². The molecule has 0 aromatic carbocycles. The van der Waals surface area contributed by atoms with Gasteiger partial charge >= 0.3 is 17.9 Å². The molecule has 0 amide bonds. The normalized spacial score (nSPS) is 11.8. The van der Waals surface area contributed by atoms with Gasteiger partial charge in [-0.2, -0.15) is 0 Å². The van der Waals surface area contributed by atoms with Gasteiger partial charge in [-0.3, -0.25) is 14.4 Å². The molecule has 0 rings (SSSR count). The topological polar surface area (TPSA) is 78.9 Å². The molecule has 6 nitrogen and oxygen atoms in total. The maximum absolute atomic E-state index is 12.8. The predicted octanol–water partition coefficient (Wildman–Crippen LogP) is 16.0. The second-order valence-electron chi connectivity index (χ2n) is 17.1. The Morgan fingerprint density at radius 2 is 0.482 bits per heavy atom. The van der Waals surface area contributed by atoms with Crippen LogP contribution in [0.15, 0.2) is 0 Å². The average Bonchev–Trinajstić information content (AvgIpc) is 3.19. The van der Waals surface area contributed by atoms with Crippen molar-refractivity contribution < 1.29 is 28.6 Å². The fourth-order valence-electron chi connectivity index (χ4n) is 7.56. The monoisotopic (exact) mass is 793 g/mol. The van der Waals surface area contributed by atoms with Crippen LogP contribution in [-0.4, -0.2) is 37.2 Å². The summed E-state index contributed by atoms with van der Waals surface area (Å²) in [5.41, 5.74) is 0. The lowest BCUT2D eigenvalue weighted by Gasteiger charge is -2.18. The molecular weight excluding hydrogens is 697 g/mol. The quantitative estimate of drug-likeness (QED) is 0.0347. The van der Waals surface area contributed by atoms with Crippen molar-refractivity contribution in [3.05, 3.63) is 0 Å². The lowest BCUT2D eigenvalue weighted by atomic mass is 10.0. The molecule has 1 atom stereocenters. The Morgan fingerprint density at radius 3 is 0.714 bits per heavy atom. The van der Waals surface area contributed by atoms with Gasteiger partial charge in [0.15, 0.2) is 6.10 Å². The van der Waals surface area contributed by atoms with Crippen LogP contribution in [0.25, 0.3) is 0 Å². The van der Waals surface area contributed by atoms with Crippen molar-refractivity contribution in [1.29, 1.82) is 0 Å². The molecule has 0 saturated heterocycles. The fraction of sp³-hybridized carbons (Fsp3) is 0.940. The third-order valence-electron chi connectivity index (χ3n) is 11.4. The molecule has 0 saturated carbocycles. The van der Waals surface area contributed by atoms with Crippen LogP contribution >= 0.6 is 0 Å². The van der Waals surface area contributed by atoms with Gasteiger partial charge in [0, 0.05) is 19.3 Å². The molecule has 0 bridgehead atoms. The van der Waals surface area contributed by atoms with E-state index in [1.165, 1.54) is 186 Å². The standard InChI is InChI=1S/C50H96O6/c1-4-7-10-13-16-19-22-23-24-25-26-27-29-32-35-38-41-44-50(53)56-47(45-54-48(51)42-39-36-33-30-21-18-15-12-9-6-3)46-55-49(52)43-40-37-34-31-28-20-17-14-11-8-5-2/h47H,4-46H2,1-3H3/t47-/m1/s1. The third kappa shape index (κ3) is 43.5. The summed E-state index contributed by atoms with van der Waals surface area (Å²) in [6, 6.07) is 0. The Hall–Kier alpha value is -1.59. The van der Waals surface area contributed by atoms with Crippen LogP contribution in [-0.2, 0) is 28.6 Å². The van der Waals surface area contributed by atoms with E-state index < -0.39 is 6.10 Å².